The molecule has 0 aliphatic rings. The molecule has 2 aromatic rings. The molecule has 2 rings (SSSR count). The Kier molecular flexibility index (Phi) is 10.4. The predicted octanol–water partition coefficient (Wildman–Crippen LogP) is 3.95. The van der Waals surface area contributed by atoms with E-state index in [0.29, 0.717) is 24.2 Å². The van der Waals surface area contributed by atoms with Gasteiger partial charge in [-0.2, -0.15) is 0 Å². The lowest BCUT2D eigenvalue weighted by Gasteiger charge is -2.10. The number of halogens is 4. The lowest BCUT2D eigenvalue weighted by molar-refractivity contribution is -0.274. The molecule has 0 spiro atoms. The summed E-state index contributed by atoms with van der Waals surface area (Å²) in [5, 5.41) is 5.70. The smallest absolute Gasteiger partial charge is 0.406 e. The second-order valence-electron chi connectivity index (χ2n) is 6.20. The third-order valence-corrected chi connectivity index (χ3v) is 3.79. The second-order valence-corrected chi connectivity index (χ2v) is 6.20. The van der Waals surface area contributed by atoms with Crippen molar-refractivity contribution in [2.45, 2.75) is 32.8 Å². The molecule has 0 radical (unpaired) electrons. The molecule has 1 amide bonds. The Labute approximate surface area is 190 Å². The van der Waals surface area contributed by atoms with Gasteiger partial charge in [0, 0.05) is 18.7 Å². The van der Waals surface area contributed by atoms with Crippen LogP contribution in [0.2, 0.25) is 0 Å². The average molecular weight is 536 g/mol. The minimum absolute atomic E-state index is 0. The van der Waals surface area contributed by atoms with Gasteiger partial charge in [-0.3, -0.25) is 4.79 Å². The SMILES string of the molecule is CCCNC(=O)c1cccc(CN=C(N)NCc2ccc(OC(F)(F)F)cc2)c1.I. The van der Waals surface area contributed by atoms with E-state index in [2.05, 4.69) is 20.4 Å². The minimum atomic E-state index is -4.72. The third-order valence-electron chi connectivity index (χ3n) is 3.79. The molecule has 0 saturated heterocycles. The van der Waals surface area contributed by atoms with Gasteiger partial charge in [0.05, 0.1) is 6.54 Å². The van der Waals surface area contributed by atoms with E-state index >= 15 is 0 Å². The largest absolute Gasteiger partial charge is 0.573 e. The van der Waals surface area contributed by atoms with E-state index in [1.54, 1.807) is 18.2 Å². The predicted molar refractivity (Wildman–Crippen MR) is 120 cm³/mol. The lowest BCUT2D eigenvalue weighted by atomic mass is 10.1. The highest BCUT2D eigenvalue weighted by atomic mass is 127. The Hall–Kier alpha value is -2.50. The molecule has 0 aromatic heterocycles. The summed E-state index contributed by atoms with van der Waals surface area (Å²) in [6.07, 6.45) is -3.86. The summed E-state index contributed by atoms with van der Waals surface area (Å²) >= 11 is 0. The Morgan fingerprint density at radius 1 is 1.10 bits per heavy atom. The highest BCUT2D eigenvalue weighted by molar-refractivity contribution is 14.0. The first kappa shape index (κ1) is 25.5. The summed E-state index contributed by atoms with van der Waals surface area (Å²) in [5.41, 5.74) is 7.93. The highest BCUT2D eigenvalue weighted by Gasteiger charge is 2.30. The van der Waals surface area contributed by atoms with Crippen LogP contribution < -0.4 is 21.1 Å². The molecule has 0 aliphatic carbocycles. The number of benzene rings is 2. The molecule has 0 fully saturated rings. The van der Waals surface area contributed by atoms with E-state index < -0.39 is 6.36 Å². The fourth-order valence-corrected chi connectivity index (χ4v) is 2.39. The van der Waals surface area contributed by atoms with Crippen molar-refractivity contribution in [3.05, 3.63) is 65.2 Å². The maximum atomic E-state index is 12.2. The van der Waals surface area contributed by atoms with Crippen molar-refractivity contribution in [2.75, 3.05) is 6.54 Å². The zero-order chi connectivity index (χ0) is 21.3. The molecule has 4 N–H and O–H groups in total. The van der Waals surface area contributed by atoms with Gasteiger partial charge in [0.1, 0.15) is 5.75 Å². The maximum absolute atomic E-state index is 12.2. The van der Waals surface area contributed by atoms with Crippen LogP contribution in [0.25, 0.3) is 0 Å². The van der Waals surface area contributed by atoms with Crippen molar-refractivity contribution in [1.29, 1.82) is 0 Å². The van der Waals surface area contributed by atoms with Crippen LogP contribution in [0.3, 0.4) is 0 Å². The Morgan fingerprint density at radius 2 is 1.80 bits per heavy atom. The van der Waals surface area contributed by atoms with Crippen LogP contribution in [0.15, 0.2) is 53.5 Å². The van der Waals surface area contributed by atoms with Gasteiger partial charge in [0.25, 0.3) is 5.91 Å². The zero-order valence-corrected chi connectivity index (χ0v) is 18.7. The van der Waals surface area contributed by atoms with E-state index in [1.165, 1.54) is 24.3 Å². The van der Waals surface area contributed by atoms with E-state index in [1.807, 2.05) is 13.0 Å². The van der Waals surface area contributed by atoms with Gasteiger partial charge in [-0.25, -0.2) is 4.99 Å². The lowest BCUT2D eigenvalue weighted by Crippen LogP contribution is -2.31. The third kappa shape index (κ3) is 9.33. The number of carbonyl (C=O) groups excluding carboxylic acids is 1. The fraction of sp³-hybridized carbons (Fsp3) is 0.300. The molecule has 30 heavy (non-hydrogen) atoms. The van der Waals surface area contributed by atoms with Gasteiger partial charge < -0.3 is 21.1 Å². The highest BCUT2D eigenvalue weighted by Crippen LogP contribution is 2.22. The number of nitrogens with two attached hydrogens (primary N) is 1. The number of rotatable bonds is 8. The van der Waals surface area contributed by atoms with Crippen molar-refractivity contribution in [1.82, 2.24) is 10.6 Å². The van der Waals surface area contributed by atoms with E-state index in [0.717, 1.165) is 12.0 Å². The van der Waals surface area contributed by atoms with Gasteiger partial charge in [-0.05, 0) is 41.8 Å². The number of hydrogen-bond acceptors (Lipinski definition) is 3. The molecule has 0 bridgehead atoms. The van der Waals surface area contributed by atoms with Crippen molar-refractivity contribution >= 4 is 35.8 Å². The number of carbonyl (C=O) groups is 1. The Bertz CT molecular complexity index is 843. The van der Waals surface area contributed by atoms with Gasteiger partial charge in [0.2, 0.25) is 0 Å². The quantitative estimate of drug-likeness (QED) is 0.271. The van der Waals surface area contributed by atoms with Crippen LogP contribution in [0.1, 0.15) is 34.8 Å². The molecule has 164 valence electrons. The number of ether oxygens (including phenoxy) is 1. The second kappa shape index (κ2) is 12.3. The number of aliphatic imine (C=N–C) groups is 1. The number of guanidine groups is 1. The zero-order valence-electron chi connectivity index (χ0n) is 16.3. The Balaban J connectivity index is 0.00000450. The number of amides is 1. The monoisotopic (exact) mass is 536 g/mol. The van der Waals surface area contributed by atoms with Gasteiger partial charge in [-0.1, -0.05) is 31.2 Å². The van der Waals surface area contributed by atoms with Crippen LogP contribution in [0.5, 0.6) is 5.75 Å². The van der Waals surface area contributed by atoms with Gasteiger partial charge in [-0.15, -0.1) is 37.1 Å². The molecule has 10 heteroatoms. The van der Waals surface area contributed by atoms with E-state index in [9.17, 15) is 18.0 Å². The van der Waals surface area contributed by atoms with Crippen LogP contribution in [0, 0.1) is 0 Å². The number of hydrogen-bond donors (Lipinski definition) is 3. The molecule has 0 aliphatic heterocycles. The van der Waals surface area contributed by atoms with Crippen LogP contribution in [-0.4, -0.2) is 24.8 Å². The molecular formula is C20H24F3IN4O2. The number of nitrogens with one attached hydrogen (secondary N) is 2. The van der Waals surface area contributed by atoms with Crippen molar-refractivity contribution in [3.63, 3.8) is 0 Å². The van der Waals surface area contributed by atoms with Crippen LogP contribution in [0.4, 0.5) is 13.2 Å². The summed E-state index contributed by atoms with van der Waals surface area (Å²) in [6, 6.07) is 12.6. The summed E-state index contributed by atoms with van der Waals surface area (Å²) < 4.78 is 40.3. The summed E-state index contributed by atoms with van der Waals surface area (Å²) in [5.74, 6) is -0.242. The molecular weight excluding hydrogens is 512 g/mol. The van der Waals surface area contributed by atoms with Gasteiger partial charge >= 0.3 is 6.36 Å². The molecule has 6 nitrogen and oxygen atoms in total. The average Bonchev–Trinajstić information content (AvgIpc) is 2.69. The standard InChI is InChI=1S/C20H23F3N4O2.HI/c1-2-10-25-18(28)16-5-3-4-15(11-16)13-27-19(24)26-12-14-6-8-17(9-7-14)29-20(21,22)23;/h3-9,11H,2,10,12-13H2,1H3,(H,25,28)(H3,24,26,27);1H. The van der Waals surface area contributed by atoms with Crippen LogP contribution in [-0.2, 0) is 13.1 Å². The van der Waals surface area contributed by atoms with Gasteiger partial charge in [0.15, 0.2) is 5.96 Å². The summed E-state index contributed by atoms with van der Waals surface area (Å²) in [7, 11) is 0. The van der Waals surface area contributed by atoms with Crippen molar-refractivity contribution in [3.8, 4) is 5.75 Å². The summed E-state index contributed by atoms with van der Waals surface area (Å²) in [6.45, 7) is 3.17. The fourth-order valence-electron chi connectivity index (χ4n) is 2.39. The van der Waals surface area contributed by atoms with E-state index in [4.69, 9.17) is 5.73 Å². The minimum Gasteiger partial charge on any atom is -0.406 e. The topological polar surface area (TPSA) is 88.7 Å². The van der Waals surface area contributed by atoms with E-state index in [-0.39, 0.29) is 48.1 Å². The Morgan fingerprint density at radius 3 is 2.43 bits per heavy atom. The molecule has 0 heterocycles. The molecule has 0 atom stereocenters. The molecule has 0 saturated carbocycles. The van der Waals surface area contributed by atoms with Crippen molar-refractivity contribution in [2.24, 2.45) is 10.7 Å². The van der Waals surface area contributed by atoms with Crippen molar-refractivity contribution < 1.29 is 22.7 Å². The molecule has 0 unspecified atom stereocenters. The first-order valence-electron chi connectivity index (χ1n) is 9.02. The number of alkyl halides is 3. The maximum Gasteiger partial charge on any atom is 0.573 e. The normalized spacial score (nSPS) is 11.4. The summed E-state index contributed by atoms with van der Waals surface area (Å²) in [4.78, 5) is 16.2. The number of nitrogens with zero attached hydrogens (tertiary/aromatic N) is 1. The molecule has 2 aromatic carbocycles. The first-order valence-corrected chi connectivity index (χ1v) is 9.02. The first-order chi connectivity index (χ1) is 13.8. The van der Waals surface area contributed by atoms with Crippen LogP contribution >= 0.6 is 24.0 Å².